The number of nitrogens with zero attached hydrogens (tertiary/aromatic N) is 3. The molecule has 1 saturated carbocycles. The van der Waals surface area contributed by atoms with Crippen LogP contribution in [0, 0.1) is 5.41 Å². The lowest BCUT2D eigenvalue weighted by Gasteiger charge is -2.14. The molecule has 2 N–H and O–H groups in total. The Bertz CT molecular complexity index is 328. The molecule has 0 bridgehead atoms. The fourth-order valence-electron chi connectivity index (χ4n) is 1.88. The summed E-state index contributed by atoms with van der Waals surface area (Å²) >= 11 is 0. The Kier molecular flexibility index (Phi) is 1.55. The van der Waals surface area contributed by atoms with Crippen LogP contribution >= 0.6 is 0 Å². The lowest BCUT2D eigenvalue weighted by Crippen LogP contribution is -2.29. The maximum absolute atomic E-state index is 6.24. The lowest BCUT2D eigenvalue weighted by molar-refractivity contribution is 0.455. The van der Waals surface area contributed by atoms with Gasteiger partial charge >= 0.3 is 0 Å². The van der Waals surface area contributed by atoms with E-state index in [1.165, 1.54) is 0 Å². The van der Waals surface area contributed by atoms with Gasteiger partial charge in [-0.2, -0.15) is 5.10 Å². The zero-order chi connectivity index (χ0) is 9.69. The minimum atomic E-state index is -0.250. The zero-order valence-corrected chi connectivity index (χ0v) is 8.41. The zero-order valence-electron chi connectivity index (χ0n) is 8.41. The fraction of sp³-hybridized carbons (Fsp3) is 0.778. The third-order valence-corrected chi connectivity index (χ3v) is 3.12. The van der Waals surface area contributed by atoms with Crippen molar-refractivity contribution in [2.24, 2.45) is 11.1 Å². The van der Waals surface area contributed by atoms with Crippen LogP contribution in [0.1, 0.15) is 33.0 Å². The molecule has 1 fully saturated rings. The predicted octanol–water partition coefficient (Wildman–Crippen LogP) is 0.882. The van der Waals surface area contributed by atoms with Gasteiger partial charge < -0.3 is 5.73 Å². The smallest absolute Gasteiger partial charge is 0.147 e. The third-order valence-electron chi connectivity index (χ3n) is 3.12. The van der Waals surface area contributed by atoms with Crippen LogP contribution in [-0.2, 0) is 12.1 Å². The standard InChI is InChI=1S/C9H16N4/c1-4-13-7(11-6-12-13)9(10)5-8(9,2)3/h6H,4-5,10H2,1-3H3. The summed E-state index contributed by atoms with van der Waals surface area (Å²) in [7, 11) is 0. The number of rotatable bonds is 2. The molecule has 0 aliphatic heterocycles. The molecule has 0 spiro atoms. The third kappa shape index (κ3) is 1.01. The minimum Gasteiger partial charge on any atom is -0.318 e. The van der Waals surface area contributed by atoms with E-state index in [1.807, 2.05) is 4.68 Å². The molecular weight excluding hydrogens is 164 g/mol. The highest BCUT2D eigenvalue weighted by molar-refractivity contribution is 5.24. The number of nitrogens with two attached hydrogens (primary N) is 1. The molecule has 1 aromatic heterocycles. The molecule has 2 rings (SSSR count). The van der Waals surface area contributed by atoms with E-state index in [0.29, 0.717) is 0 Å². The van der Waals surface area contributed by atoms with Crippen LogP contribution in [0.25, 0.3) is 0 Å². The molecule has 1 aliphatic carbocycles. The molecule has 1 atom stereocenters. The molecule has 0 amide bonds. The molecule has 1 aromatic rings. The summed E-state index contributed by atoms with van der Waals surface area (Å²) in [6.45, 7) is 7.23. The summed E-state index contributed by atoms with van der Waals surface area (Å²) in [5, 5.41) is 4.13. The van der Waals surface area contributed by atoms with Gasteiger partial charge in [-0.15, -0.1) is 0 Å². The monoisotopic (exact) mass is 180 g/mol. The molecule has 1 heterocycles. The number of hydrogen-bond acceptors (Lipinski definition) is 3. The van der Waals surface area contributed by atoms with Crippen LogP contribution in [0.3, 0.4) is 0 Å². The van der Waals surface area contributed by atoms with Gasteiger partial charge in [0, 0.05) is 6.54 Å². The maximum atomic E-state index is 6.24. The molecule has 4 heteroatoms. The molecule has 0 aromatic carbocycles. The number of aromatic nitrogens is 3. The van der Waals surface area contributed by atoms with Crippen LogP contribution < -0.4 is 5.73 Å². The summed E-state index contributed by atoms with van der Waals surface area (Å²) in [4.78, 5) is 4.24. The Balaban J connectivity index is 2.37. The van der Waals surface area contributed by atoms with E-state index in [2.05, 4.69) is 30.9 Å². The fourth-order valence-corrected chi connectivity index (χ4v) is 1.88. The average Bonchev–Trinajstić information content (AvgIpc) is 2.53. The molecule has 4 nitrogen and oxygen atoms in total. The van der Waals surface area contributed by atoms with Gasteiger partial charge in [0.15, 0.2) is 0 Å². The predicted molar refractivity (Wildman–Crippen MR) is 50.0 cm³/mol. The van der Waals surface area contributed by atoms with E-state index >= 15 is 0 Å². The van der Waals surface area contributed by atoms with Crippen molar-refractivity contribution < 1.29 is 0 Å². The van der Waals surface area contributed by atoms with Crippen molar-refractivity contribution in [2.45, 2.75) is 39.3 Å². The second kappa shape index (κ2) is 2.32. The molecule has 0 radical (unpaired) electrons. The van der Waals surface area contributed by atoms with Crippen LogP contribution in [-0.4, -0.2) is 14.8 Å². The molecule has 0 saturated heterocycles. The van der Waals surface area contributed by atoms with Crippen molar-refractivity contribution in [3.8, 4) is 0 Å². The number of aryl methyl sites for hydroxylation is 1. The Morgan fingerprint density at radius 1 is 1.62 bits per heavy atom. The first kappa shape index (κ1) is 8.69. The summed E-state index contributed by atoms with van der Waals surface area (Å²) < 4.78 is 1.88. The van der Waals surface area contributed by atoms with Gasteiger partial charge in [-0.05, 0) is 18.8 Å². The van der Waals surface area contributed by atoms with Crippen molar-refractivity contribution in [1.29, 1.82) is 0 Å². The van der Waals surface area contributed by atoms with E-state index in [1.54, 1.807) is 6.33 Å². The van der Waals surface area contributed by atoms with E-state index in [4.69, 9.17) is 5.73 Å². The van der Waals surface area contributed by atoms with Crippen molar-refractivity contribution in [2.75, 3.05) is 0 Å². The summed E-state index contributed by atoms with van der Waals surface area (Å²) in [5.41, 5.74) is 6.17. The topological polar surface area (TPSA) is 56.7 Å². The summed E-state index contributed by atoms with van der Waals surface area (Å²) in [6.07, 6.45) is 2.58. The first-order chi connectivity index (χ1) is 6.01. The van der Waals surface area contributed by atoms with Crippen LogP contribution in [0.5, 0.6) is 0 Å². The highest BCUT2D eigenvalue weighted by atomic mass is 15.4. The normalized spacial score (nSPS) is 30.5. The van der Waals surface area contributed by atoms with Gasteiger partial charge in [0.05, 0.1) is 5.54 Å². The average molecular weight is 180 g/mol. The molecular formula is C9H16N4. The molecule has 72 valence electrons. The van der Waals surface area contributed by atoms with E-state index in [0.717, 1.165) is 18.8 Å². The van der Waals surface area contributed by atoms with Gasteiger partial charge in [-0.25, -0.2) is 9.67 Å². The lowest BCUT2D eigenvalue weighted by atomic mass is 10.1. The van der Waals surface area contributed by atoms with Crippen molar-refractivity contribution in [1.82, 2.24) is 14.8 Å². The van der Waals surface area contributed by atoms with Crippen molar-refractivity contribution >= 4 is 0 Å². The Morgan fingerprint density at radius 3 is 2.69 bits per heavy atom. The van der Waals surface area contributed by atoms with Gasteiger partial charge in [-0.1, -0.05) is 13.8 Å². The Labute approximate surface area is 78.1 Å². The van der Waals surface area contributed by atoms with E-state index in [9.17, 15) is 0 Å². The quantitative estimate of drug-likeness (QED) is 0.735. The molecule has 1 unspecified atom stereocenters. The maximum Gasteiger partial charge on any atom is 0.147 e. The summed E-state index contributed by atoms with van der Waals surface area (Å²) in [6, 6.07) is 0. The Hall–Kier alpha value is -0.900. The van der Waals surface area contributed by atoms with Crippen LogP contribution in [0.15, 0.2) is 6.33 Å². The van der Waals surface area contributed by atoms with Crippen LogP contribution in [0.4, 0.5) is 0 Å². The Morgan fingerprint density at radius 2 is 2.23 bits per heavy atom. The number of hydrogen-bond donors (Lipinski definition) is 1. The van der Waals surface area contributed by atoms with E-state index in [-0.39, 0.29) is 11.0 Å². The van der Waals surface area contributed by atoms with E-state index < -0.39 is 0 Å². The van der Waals surface area contributed by atoms with Crippen LogP contribution in [0.2, 0.25) is 0 Å². The van der Waals surface area contributed by atoms with Gasteiger partial charge in [0.1, 0.15) is 12.2 Å². The summed E-state index contributed by atoms with van der Waals surface area (Å²) in [5.74, 6) is 0.931. The SMILES string of the molecule is CCn1ncnc1C1(N)CC1(C)C. The van der Waals surface area contributed by atoms with Gasteiger partial charge in [-0.3, -0.25) is 0 Å². The first-order valence-corrected chi connectivity index (χ1v) is 4.68. The second-order valence-corrected chi connectivity index (χ2v) is 4.43. The highest BCUT2D eigenvalue weighted by Gasteiger charge is 2.62. The second-order valence-electron chi connectivity index (χ2n) is 4.43. The van der Waals surface area contributed by atoms with Gasteiger partial charge in [0.25, 0.3) is 0 Å². The molecule has 13 heavy (non-hydrogen) atoms. The van der Waals surface area contributed by atoms with Gasteiger partial charge in [0.2, 0.25) is 0 Å². The molecule has 1 aliphatic rings. The highest BCUT2D eigenvalue weighted by Crippen LogP contribution is 2.59. The largest absolute Gasteiger partial charge is 0.318 e. The minimum absolute atomic E-state index is 0.174. The van der Waals surface area contributed by atoms with Crippen molar-refractivity contribution in [3.63, 3.8) is 0 Å². The van der Waals surface area contributed by atoms with Crippen molar-refractivity contribution in [3.05, 3.63) is 12.2 Å². The first-order valence-electron chi connectivity index (χ1n) is 4.68.